The lowest BCUT2D eigenvalue weighted by Crippen LogP contribution is -2.27. The summed E-state index contributed by atoms with van der Waals surface area (Å²) in [6, 6.07) is 20.1. The van der Waals surface area contributed by atoms with Gasteiger partial charge >= 0.3 is 0 Å². The highest BCUT2D eigenvalue weighted by molar-refractivity contribution is 7.92. The van der Waals surface area contributed by atoms with Gasteiger partial charge in [0.15, 0.2) is 0 Å². The number of anilines is 2. The van der Waals surface area contributed by atoms with Crippen molar-refractivity contribution in [2.45, 2.75) is 18.2 Å². The van der Waals surface area contributed by atoms with E-state index in [0.29, 0.717) is 34.7 Å². The van der Waals surface area contributed by atoms with E-state index in [-0.39, 0.29) is 10.8 Å². The number of hydrogen-bond acceptors (Lipinski definition) is 5. The Labute approximate surface area is 187 Å². The number of carbonyl (C=O) groups is 1. The van der Waals surface area contributed by atoms with Gasteiger partial charge < -0.3 is 10.1 Å². The van der Waals surface area contributed by atoms with Gasteiger partial charge in [0.1, 0.15) is 5.75 Å². The average molecular weight is 450 g/mol. The third-order valence-corrected chi connectivity index (χ3v) is 6.81. The van der Waals surface area contributed by atoms with E-state index in [1.165, 1.54) is 26.3 Å². The number of ether oxygens (including phenoxy) is 1. The van der Waals surface area contributed by atoms with Crippen molar-refractivity contribution in [3.8, 4) is 11.8 Å². The van der Waals surface area contributed by atoms with Crippen LogP contribution < -0.4 is 14.4 Å². The van der Waals surface area contributed by atoms with Crippen molar-refractivity contribution in [2.24, 2.45) is 0 Å². The summed E-state index contributed by atoms with van der Waals surface area (Å²) in [7, 11) is -0.865. The number of nitrogens with one attached hydrogen (secondary N) is 1. The molecule has 7 nitrogen and oxygen atoms in total. The number of sulfonamides is 1. The number of methoxy groups -OCH3 is 1. The van der Waals surface area contributed by atoms with Gasteiger partial charge in [0, 0.05) is 18.3 Å². The molecule has 0 aliphatic heterocycles. The minimum absolute atomic E-state index is 0.118. The van der Waals surface area contributed by atoms with E-state index < -0.39 is 10.0 Å². The number of aryl methyl sites for hydroxylation is 1. The summed E-state index contributed by atoms with van der Waals surface area (Å²) in [6.07, 6.45) is 0.296. The molecule has 0 heterocycles. The average Bonchev–Trinajstić information content (AvgIpc) is 2.80. The minimum atomic E-state index is -3.83. The van der Waals surface area contributed by atoms with Gasteiger partial charge in [-0.25, -0.2) is 8.42 Å². The van der Waals surface area contributed by atoms with Crippen LogP contribution in [-0.2, 0) is 16.4 Å². The lowest BCUT2D eigenvalue weighted by molar-refractivity contribution is 0.102. The normalized spacial score (nSPS) is 10.8. The first-order chi connectivity index (χ1) is 15.3. The Kier molecular flexibility index (Phi) is 6.81. The molecule has 0 aliphatic carbocycles. The zero-order valence-electron chi connectivity index (χ0n) is 18.0. The van der Waals surface area contributed by atoms with E-state index in [2.05, 4.69) is 11.4 Å². The molecule has 0 aromatic heterocycles. The molecule has 0 saturated heterocycles. The van der Waals surface area contributed by atoms with Crippen molar-refractivity contribution in [1.82, 2.24) is 0 Å². The van der Waals surface area contributed by atoms with Gasteiger partial charge in [0.2, 0.25) is 0 Å². The zero-order chi connectivity index (χ0) is 23.3. The molecule has 32 heavy (non-hydrogen) atoms. The Hall–Kier alpha value is -3.83. The third-order valence-electron chi connectivity index (χ3n) is 5.02. The second-order valence-electron chi connectivity index (χ2n) is 7.14. The fourth-order valence-corrected chi connectivity index (χ4v) is 4.38. The van der Waals surface area contributed by atoms with E-state index in [4.69, 9.17) is 10.00 Å². The van der Waals surface area contributed by atoms with Gasteiger partial charge in [-0.2, -0.15) is 5.26 Å². The number of benzene rings is 3. The van der Waals surface area contributed by atoms with Crippen LogP contribution >= 0.6 is 0 Å². The van der Waals surface area contributed by atoms with Crippen LogP contribution in [0, 0.1) is 18.3 Å². The first-order valence-corrected chi connectivity index (χ1v) is 11.2. The Morgan fingerprint density at radius 3 is 2.31 bits per heavy atom. The van der Waals surface area contributed by atoms with Crippen LogP contribution in [0.25, 0.3) is 0 Å². The van der Waals surface area contributed by atoms with E-state index in [9.17, 15) is 13.2 Å². The summed E-state index contributed by atoms with van der Waals surface area (Å²) in [5, 5.41) is 11.6. The summed E-state index contributed by atoms with van der Waals surface area (Å²) in [4.78, 5) is 12.9. The molecule has 8 heteroatoms. The van der Waals surface area contributed by atoms with E-state index >= 15 is 0 Å². The number of hydrogen-bond donors (Lipinski definition) is 1. The fraction of sp³-hybridized carbons (Fsp3) is 0.167. The van der Waals surface area contributed by atoms with E-state index in [1.807, 2.05) is 0 Å². The standard InChI is InChI=1S/C24H23N3O4S/c1-17-4-7-19(24(28)26-20-8-5-18(6-9-20)14-15-25)16-23(17)27(2)32(29,30)22-12-10-21(31-3)11-13-22/h4-13,16H,14H2,1-3H3,(H,26,28). The molecule has 3 aromatic carbocycles. The minimum Gasteiger partial charge on any atom is -0.497 e. The van der Waals surface area contributed by atoms with E-state index in [1.54, 1.807) is 61.5 Å². The highest BCUT2D eigenvalue weighted by Gasteiger charge is 2.23. The number of amides is 1. The van der Waals surface area contributed by atoms with Crippen LogP contribution in [0.2, 0.25) is 0 Å². The smallest absolute Gasteiger partial charge is 0.264 e. The maximum atomic E-state index is 13.1. The zero-order valence-corrected chi connectivity index (χ0v) is 18.8. The molecule has 0 spiro atoms. The molecule has 0 unspecified atom stereocenters. The van der Waals surface area contributed by atoms with Crippen LogP contribution in [0.5, 0.6) is 5.75 Å². The number of rotatable bonds is 7. The molecule has 1 amide bonds. The quantitative estimate of drug-likeness (QED) is 0.584. The summed E-state index contributed by atoms with van der Waals surface area (Å²) in [6.45, 7) is 1.78. The Bertz CT molecular complexity index is 1260. The largest absolute Gasteiger partial charge is 0.497 e. The molecule has 0 fully saturated rings. The lowest BCUT2D eigenvalue weighted by Gasteiger charge is -2.22. The summed E-state index contributed by atoms with van der Waals surface area (Å²) >= 11 is 0. The number of nitrogens with zero attached hydrogens (tertiary/aromatic N) is 2. The maximum Gasteiger partial charge on any atom is 0.264 e. The predicted octanol–water partition coefficient (Wildman–Crippen LogP) is 4.15. The van der Waals surface area contributed by atoms with E-state index in [0.717, 1.165) is 9.87 Å². The number of carbonyl (C=O) groups excluding carboxylic acids is 1. The van der Waals surface area contributed by atoms with Crippen molar-refractivity contribution in [2.75, 3.05) is 23.8 Å². The molecule has 3 rings (SSSR count). The molecule has 164 valence electrons. The summed E-state index contributed by atoms with van der Waals surface area (Å²) in [5.74, 6) is 0.191. The van der Waals surface area contributed by atoms with Gasteiger partial charge in [-0.15, -0.1) is 0 Å². The summed E-state index contributed by atoms with van der Waals surface area (Å²) in [5.41, 5.74) is 2.87. The van der Waals surface area contributed by atoms with Gasteiger partial charge in [-0.1, -0.05) is 18.2 Å². The molecule has 0 saturated carbocycles. The molecule has 3 aromatic rings. The van der Waals surface area contributed by atoms with Crippen LogP contribution in [0.3, 0.4) is 0 Å². The Morgan fingerprint density at radius 1 is 1.06 bits per heavy atom. The first-order valence-electron chi connectivity index (χ1n) is 9.77. The van der Waals surface area contributed by atoms with Gasteiger partial charge in [-0.05, 0) is 66.6 Å². The number of nitriles is 1. The topological polar surface area (TPSA) is 99.5 Å². The summed E-state index contributed by atoms with van der Waals surface area (Å²) < 4.78 is 32.5. The van der Waals surface area contributed by atoms with Crippen molar-refractivity contribution in [3.63, 3.8) is 0 Å². The molecule has 1 N–H and O–H groups in total. The highest BCUT2D eigenvalue weighted by Crippen LogP contribution is 2.28. The third kappa shape index (κ3) is 4.90. The molecule has 0 aliphatic rings. The van der Waals surface area contributed by atoms with Gasteiger partial charge in [0.25, 0.3) is 15.9 Å². The first kappa shape index (κ1) is 22.8. The molecular formula is C24H23N3O4S. The SMILES string of the molecule is COc1ccc(S(=O)(=O)N(C)c2cc(C(=O)Nc3ccc(CC#N)cc3)ccc2C)cc1. The molecule has 0 radical (unpaired) electrons. The monoisotopic (exact) mass is 449 g/mol. The van der Waals surface area contributed by atoms with Crippen molar-refractivity contribution in [3.05, 3.63) is 83.4 Å². The van der Waals surface area contributed by atoms with Gasteiger partial charge in [0.05, 0.1) is 30.2 Å². The van der Waals surface area contributed by atoms with Crippen molar-refractivity contribution in [1.29, 1.82) is 5.26 Å². The molecule has 0 atom stereocenters. The van der Waals surface area contributed by atoms with Crippen LogP contribution in [0.4, 0.5) is 11.4 Å². The maximum absolute atomic E-state index is 13.1. The fourth-order valence-electron chi connectivity index (χ4n) is 3.13. The van der Waals surface area contributed by atoms with Crippen molar-refractivity contribution < 1.29 is 17.9 Å². The predicted molar refractivity (Wildman–Crippen MR) is 123 cm³/mol. The molecule has 0 bridgehead atoms. The van der Waals surface area contributed by atoms with Gasteiger partial charge in [-0.3, -0.25) is 9.10 Å². The Balaban J connectivity index is 1.85. The second kappa shape index (κ2) is 9.54. The highest BCUT2D eigenvalue weighted by atomic mass is 32.2. The van der Waals surface area contributed by atoms with Crippen LogP contribution in [0.15, 0.2) is 71.6 Å². The Morgan fingerprint density at radius 2 is 1.72 bits per heavy atom. The van der Waals surface area contributed by atoms with Crippen molar-refractivity contribution >= 4 is 27.3 Å². The van der Waals surface area contributed by atoms with Crippen LogP contribution in [-0.4, -0.2) is 28.5 Å². The lowest BCUT2D eigenvalue weighted by atomic mass is 10.1. The van der Waals surface area contributed by atoms with Crippen LogP contribution in [0.1, 0.15) is 21.5 Å². The second-order valence-corrected chi connectivity index (χ2v) is 9.10. The molecular weight excluding hydrogens is 426 g/mol.